The fourth-order valence-electron chi connectivity index (χ4n) is 2.82. The smallest absolute Gasteiger partial charge is 0.229 e. The second kappa shape index (κ2) is 9.22. The Balaban J connectivity index is 1.94. The first-order valence-corrected chi connectivity index (χ1v) is 8.98. The molecule has 0 spiro atoms. The standard InChI is InChI=1S/C19H26N2O5/c1-4-25-15-7-6-14(12-16(15)26-5-2)13(3)20-17(22)10-11-21-18(23)8-9-19(21)24/h6-7,12-13H,4-5,8-11H2,1-3H3,(H,20,22)/t13-/m0/s1. The van der Waals surface area contributed by atoms with Gasteiger partial charge in [0.1, 0.15) is 0 Å². The Labute approximate surface area is 153 Å². The first-order valence-electron chi connectivity index (χ1n) is 8.98. The van der Waals surface area contributed by atoms with Crippen molar-refractivity contribution < 1.29 is 23.9 Å². The van der Waals surface area contributed by atoms with Crippen molar-refractivity contribution in [3.63, 3.8) is 0 Å². The number of benzene rings is 1. The van der Waals surface area contributed by atoms with Crippen molar-refractivity contribution in [2.24, 2.45) is 0 Å². The summed E-state index contributed by atoms with van der Waals surface area (Å²) in [4.78, 5) is 36.5. The number of nitrogens with zero attached hydrogens (tertiary/aromatic N) is 1. The number of rotatable bonds is 9. The van der Waals surface area contributed by atoms with Crippen molar-refractivity contribution in [2.75, 3.05) is 19.8 Å². The molecule has 26 heavy (non-hydrogen) atoms. The molecule has 1 aromatic carbocycles. The van der Waals surface area contributed by atoms with Crippen molar-refractivity contribution in [2.45, 2.75) is 46.1 Å². The minimum atomic E-state index is -0.234. The van der Waals surface area contributed by atoms with Gasteiger partial charge in [-0.05, 0) is 38.5 Å². The third-order valence-electron chi connectivity index (χ3n) is 4.16. The fourth-order valence-corrected chi connectivity index (χ4v) is 2.82. The van der Waals surface area contributed by atoms with Crippen LogP contribution >= 0.6 is 0 Å². The maximum atomic E-state index is 12.2. The second-order valence-electron chi connectivity index (χ2n) is 6.05. The molecule has 3 amide bonds. The monoisotopic (exact) mass is 362 g/mol. The van der Waals surface area contributed by atoms with Crippen molar-refractivity contribution >= 4 is 17.7 Å². The SMILES string of the molecule is CCOc1ccc([C@H](C)NC(=O)CCN2C(=O)CCC2=O)cc1OCC. The van der Waals surface area contributed by atoms with Gasteiger partial charge in [0.2, 0.25) is 17.7 Å². The average molecular weight is 362 g/mol. The molecule has 142 valence electrons. The lowest BCUT2D eigenvalue weighted by Gasteiger charge is -2.18. The van der Waals surface area contributed by atoms with E-state index in [2.05, 4.69) is 5.32 Å². The van der Waals surface area contributed by atoms with E-state index >= 15 is 0 Å². The summed E-state index contributed by atoms with van der Waals surface area (Å²) in [7, 11) is 0. The van der Waals surface area contributed by atoms with E-state index in [1.165, 1.54) is 0 Å². The maximum absolute atomic E-state index is 12.2. The van der Waals surface area contributed by atoms with Crippen LogP contribution in [0.3, 0.4) is 0 Å². The van der Waals surface area contributed by atoms with Crippen LogP contribution in [0.5, 0.6) is 11.5 Å². The molecule has 1 aliphatic rings. The third kappa shape index (κ3) is 4.97. The highest BCUT2D eigenvalue weighted by molar-refractivity contribution is 6.02. The van der Waals surface area contributed by atoms with Crippen LogP contribution in [0.25, 0.3) is 0 Å². The predicted octanol–water partition coefficient (Wildman–Crippen LogP) is 2.20. The highest BCUT2D eigenvalue weighted by atomic mass is 16.5. The molecule has 0 radical (unpaired) electrons. The zero-order valence-electron chi connectivity index (χ0n) is 15.5. The van der Waals surface area contributed by atoms with Gasteiger partial charge in [0.05, 0.1) is 19.3 Å². The average Bonchev–Trinajstić information content (AvgIpc) is 2.93. The van der Waals surface area contributed by atoms with Gasteiger partial charge in [-0.2, -0.15) is 0 Å². The van der Waals surface area contributed by atoms with Gasteiger partial charge in [-0.3, -0.25) is 19.3 Å². The summed E-state index contributed by atoms with van der Waals surface area (Å²) >= 11 is 0. The Morgan fingerprint density at radius 1 is 1.12 bits per heavy atom. The largest absolute Gasteiger partial charge is 0.490 e. The number of nitrogens with one attached hydrogen (secondary N) is 1. The van der Waals surface area contributed by atoms with E-state index in [4.69, 9.17) is 9.47 Å². The van der Waals surface area contributed by atoms with Gasteiger partial charge in [0.25, 0.3) is 0 Å². The minimum Gasteiger partial charge on any atom is -0.490 e. The Morgan fingerprint density at radius 2 is 1.73 bits per heavy atom. The molecule has 0 saturated carbocycles. The minimum absolute atomic E-state index is 0.0944. The summed E-state index contributed by atoms with van der Waals surface area (Å²) in [5.74, 6) is 0.688. The molecular weight excluding hydrogens is 336 g/mol. The first-order chi connectivity index (χ1) is 12.5. The predicted molar refractivity (Wildman–Crippen MR) is 95.9 cm³/mol. The normalized spacial score (nSPS) is 15.1. The lowest BCUT2D eigenvalue weighted by Crippen LogP contribution is -2.34. The van der Waals surface area contributed by atoms with E-state index in [1.807, 2.05) is 39.0 Å². The molecule has 0 aromatic heterocycles. The zero-order chi connectivity index (χ0) is 19.1. The van der Waals surface area contributed by atoms with Crippen molar-refractivity contribution in [3.05, 3.63) is 23.8 Å². The fraction of sp³-hybridized carbons (Fsp3) is 0.526. The highest BCUT2D eigenvalue weighted by Crippen LogP contribution is 2.30. The zero-order valence-corrected chi connectivity index (χ0v) is 15.5. The lowest BCUT2D eigenvalue weighted by atomic mass is 10.1. The molecule has 1 aliphatic heterocycles. The second-order valence-corrected chi connectivity index (χ2v) is 6.05. The summed E-state index contributed by atoms with van der Waals surface area (Å²) in [6.45, 7) is 6.86. The van der Waals surface area contributed by atoms with Crippen LogP contribution < -0.4 is 14.8 Å². The summed E-state index contributed by atoms with van der Waals surface area (Å²) in [6.07, 6.45) is 0.573. The number of hydrogen-bond donors (Lipinski definition) is 1. The van der Waals surface area contributed by atoms with Crippen LogP contribution in [0.15, 0.2) is 18.2 Å². The van der Waals surface area contributed by atoms with Crippen LogP contribution in [0.4, 0.5) is 0 Å². The molecule has 0 bridgehead atoms. The summed E-state index contributed by atoms with van der Waals surface area (Å²) < 4.78 is 11.1. The number of hydrogen-bond acceptors (Lipinski definition) is 5. The van der Waals surface area contributed by atoms with Crippen LogP contribution in [-0.2, 0) is 14.4 Å². The van der Waals surface area contributed by atoms with Crippen LogP contribution in [-0.4, -0.2) is 42.4 Å². The number of carbonyl (C=O) groups excluding carboxylic acids is 3. The molecular formula is C19H26N2O5. The number of imide groups is 1. The van der Waals surface area contributed by atoms with Crippen molar-refractivity contribution in [1.82, 2.24) is 10.2 Å². The van der Waals surface area contributed by atoms with Crippen LogP contribution in [0.2, 0.25) is 0 Å². The van der Waals surface area contributed by atoms with Crippen molar-refractivity contribution in [1.29, 1.82) is 0 Å². The molecule has 7 heteroatoms. The first kappa shape index (κ1) is 19.8. The van der Waals surface area contributed by atoms with Crippen LogP contribution in [0, 0.1) is 0 Å². The van der Waals surface area contributed by atoms with E-state index in [9.17, 15) is 14.4 Å². The van der Waals surface area contributed by atoms with E-state index in [-0.39, 0.29) is 49.6 Å². The van der Waals surface area contributed by atoms with E-state index < -0.39 is 0 Å². The van der Waals surface area contributed by atoms with Gasteiger partial charge in [0.15, 0.2) is 11.5 Å². The number of likely N-dealkylation sites (tertiary alicyclic amines) is 1. The molecule has 1 saturated heterocycles. The van der Waals surface area contributed by atoms with E-state index in [1.54, 1.807) is 0 Å². The Hall–Kier alpha value is -2.57. The molecule has 7 nitrogen and oxygen atoms in total. The summed E-state index contributed by atoms with van der Waals surface area (Å²) in [5.41, 5.74) is 0.888. The molecule has 1 fully saturated rings. The quantitative estimate of drug-likeness (QED) is 0.681. The van der Waals surface area contributed by atoms with Gasteiger partial charge in [-0.15, -0.1) is 0 Å². The molecule has 1 heterocycles. The number of ether oxygens (including phenoxy) is 2. The highest BCUT2D eigenvalue weighted by Gasteiger charge is 2.28. The van der Waals surface area contributed by atoms with Gasteiger partial charge in [-0.1, -0.05) is 6.07 Å². The lowest BCUT2D eigenvalue weighted by molar-refractivity contribution is -0.138. The summed E-state index contributed by atoms with van der Waals surface area (Å²) in [6, 6.07) is 5.33. The third-order valence-corrected chi connectivity index (χ3v) is 4.16. The molecule has 1 aromatic rings. The van der Waals surface area contributed by atoms with E-state index in [0.29, 0.717) is 24.7 Å². The van der Waals surface area contributed by atoms with Gasteiger partial charge in [0, 0.05) is 25.8 Å². The molecule has 0 aliphatic carbocycles. The molecule has 1 N–H and O–H groups in total. The van der Waals surface area contributed by atoms with Gasteiger partial charge in [-0.25, -0.2) is 0 Å². The molecule has 2 rings (SSSR count). The summed E-state index contributed by atoms with van der Waals surface area (Å²) in [5, 5.41) is 2.89. The topological polar surface area (TPSA) is 84.9 Å². The maximum Gasteiger partial charge on any atom is 0.229 e. The number of amides is 3. The molecule has 0 unspecified atom stereocenters. The van der Waals surface area contributed by atoms with Gasteiger partial charge >= 0.3 is 0 Å². The van der Waals surface area contributed by atoms with Crippen molar-refractivity contribution in [3.8, 4) is 11.5 Å². The number of carbonyl (C=O) groups is 3. The van der Waals surface area contributed by atoms with E-state index in [0.717, 1.165) is 10.5 Å². The van der Waals surface area contributed by atoms with Crippen LogP contribution in [0.1, 0.15) is 51.6 Å². The molecule has 1 atom stereocenters. The Morgan fingerprint density at radius 3 is 2.35 bits per heavy atom. The van der Waals surface area contributed by atoms with Gasteiger partial charge < -0.3 is 14.8 Å². The Kier molecular flexibility index (Phi) is 7.00. The Bertz CT molecular complexity index is 658.